The van der Waals surface area contributed by atoms with E-state index >= 15 is 0 Å². The molecule has 1 rings (SSSR count). The molecule has 0 spiro atoms. The molecule has 0 bridgehead atoms. The van der Waals surface area contributed by atoms with Crippen LogP contribution in [0.5, 0.6) is 0 Å². The van der Waals surface area contributed by atoms with Gasteiger partial charge in [-0.25, -0.2) is 0 Å². The van der Waals surface area contributed by atoms with Crippen molar-refractivity contribution < 1.29 is 4.79 Å². The van der Waals surface area contributed by atoms with E-state index < -0.39 is 0 Å². The SMILES string of the molecule is CCCC(N)CC(=O)N1CC=CCC1. The van der Waals surface area contributed by atoms with Crippen molar-refractivity contribution in [2.75, 3.05) is 13.1 Å². The van der Waals surface area contributed by atoms with Crippen LogP contribution in [0.3, 0.4) is 0 Å². The molecule has 1 unspecified atom stereocenters. The molecule has 0 fully saturated rings. The minimum absolute atomic E-state index is 0.0402. The minimum atomic E-state index is 0.0402. The van der Waals surface area contributed by atoms with Gasteiger partial charge in [0.2, 0.25) is 5.91 Å². The molecule has 1 aliphatic rings. The average molecular weight is 196 g/mol. The van der Waals surface area contributed by atoms with E-state index in [0.29, 0.717) is 6.42 Å². The molecule has 0 aromatic rings. The molecule has 14 heavy (non-hydrogen) atoms. The van der Waals surface area contributed by atoms with E-state index in [1.54, 1.807) is 0 Å². The monoisotopic (exact) mass is 196 g/mol. The average Bonchev–Trinajstić information content (AvgIpc) is 2.19. The fourth-order valence-electron chi connectivity index (χ4n) is 1.69. The lowest BCUT2D eigenvalue weighted by molar-refractivity contribution is -0.131. The summed E-state index contributed by atoms with van der Waals surface area (Å²) < 4.78 is 0. The van der Waals surface area contributed by atoms with Crippen LogP contribution in [0.4, 0.5) is 0 Å². The predicted molar refractivity (Wildman–Crippen MR) is 57.8 cm³/mol. The molecule has 0 saturated carbocycles. The Morgan fingerprint density at radius 3 is 2.93 bits per heavy atom. The Hall–Kier alpha value is -0.830. The maximum atomic E-state index is 11.7. The number of nitrogens with zero attached hydrogens (tertiary/aromatic N) is 1. The zero-order valence-electron chi connectivity index (χ0n) is 8.91. The summed E-state index contributed by atoms with van der Waals surface area (Å²) >= 11 is 0. The summed E-state index contributed by atoms with van der Waals surface area (Å²) in [6, 6.07) is 0.0402. The lowest BCUT2D eigenvalue weighted by Gasteiger charge is -2.24. The molecule has 1 amide bonds. The van der Waals surface area contributed by atoms with Gasteiger partial charge in [-0.15, -0.1) is 0 Å². The van der Waals surface area contributed by atoms with Crippen LogP contribution in [0.1, 0.15) is 32.6 Å². The molecule has 0 aromatic carbocycles. The number of carbonyl (C=O) groups excluding carboxylic acids is 1. The molecular weight excluding hydrogens is 176 g/mol. The normalized spacial score (nSPS) is 18.3. The molecule has 0 aliphatic carbocycles. The zero-order valence-corrected chi connectivity index (χ0v) is 8.91. The zero-order chi connectivity index (χ0) is 10.4. The van der Waals surface area contributed by atoms with Gasteiger partial charge in [0.05, 0.1) is 0 Å². The number of hydrogen-bond acceptors (Lipinski definition) is 2. The van der Waals surface area contributed by atoms with E-state index in [0.717, 1.165) is 32.4 Å². The van der Waals surface area contributed by atoms with Gasteiger partial charge in [-0.1, -0.05) is 25.5 Å². The summed E-state index contributed by atoms with van der Waals surface area (Å²) in [5.41, 5.74) is 5.83. The van der Waals surface area contributed by atoms with Crippen molar-refractivity contribution >= 4 is 5.91 Å². The molecule has 1 atom stereocenters. The van der Waals surface area contributed by atoms with Crippen molar-refractivity contribution in [3.05, 3.63) is 12.2 Å². The van der Waals surface area contributed by atoms with Crippen LogP contribution in [-0.4, -0.2) is 29.9 Å². The number of rotatable bonds is 4. The molecule has 3 heteroatoms. The predicted octanol–water partition coefficient (Wildman–Crippen LogP) is 1.29. The third kappa shape index (κ3) is 3.50. The highest BCUT2D eigenvalue weighted by Gasteiger charge is 2.16. The number of hydrogen-bond donors (Lipinski definition) is 1. The number of amides is 1. The third-order valence-corrected chi connectivity index (χ3v) is 2.51. The van der Waals surface area contributed by atoms with E-state index in [2.05, 4.69) is 13.0 Å². The quantitative estimate of drug-likeness (QED) is 0.689. The van der Waals surface area contributed by atoms with Crippen molar-refractivity contribution in [1.29, 1.82) is 0 Å². The second kappa shape index (κ2) is 5.81. The second-order valence-corrected chi connectivity index (χ2v) is 3.85. The van der Waals surface area contributed by atoms with E-state index in [4.69, 9.17) is 5.73 Å². The van der Waals surface area contributed by atoms with Gasteiger partial charge in [-0.3, -0.25) is 4.79 Å². The van der Waals surface area contributed by atoms with Crippen molar-refractivity contribution in [3.63, 3.8) is 0 Å². The molecule has 80 valence electrons. The van der Waals surface area contributed by atoms with Crippen molar-refractivity contribution in [1.82, 2.24) is 4.90 Å². The highest BCUT2D eigenvalue weighted by atomic mass is 16.2. The molecule has 0 aromatic heterocycles. The molecule has 3 nitrogen and oxygen atoms in total. The fourth-order valence-corrected chi connectivity index (χ4v) is 1.69. The number of nitrogens with two attached hydrogens (primary N) is 1. The maximum Gasteiger partial charge on any atom is 0.224 e. The fraction of sp³-hybridized carbons (Fsp3) is 0.727. The number of carbonyl (C=O) groups is 1. The first-order valence-corrected chi connectivity index (χ1v) is 5.42. The van der Waals surface area contributed by atoms with Gasteiger partial charge >= 0.3 is 0 Å². The van der Waals surface area contributed by atoms with Gasteiger partial charge in [-0.05, 0) is 12.8 Å². The third-order valence-electron chi connectivity index (χ3n) is 2.51. The van der Waals surface area contributed by atoms with Crippen molar-refractivity contribution in [2.24, 2.45) is 5.73 Å². The summed E-state index contributed by atoms with van der Waals surface area (Å²) in [6.45, 7) is 3.71. The van der Waals surface area contributed by atoms with Crippen LogP contribution in [0.2, 0.25) is 0 Å². The van der Waals surface area contributed by atoms with Crippen LogP contribution >= 0.6 is 0 Å². The first kappa shape index (κ1) is 11.2. The highest BCUT2D eigenvalue weighted by molar-refractivity contribution is 5.77. The summed E-state index contributed by atoms with van der Waals surface area (Å²) in [6.07, 6.45) is 7.64. The van der Waals surface area contributed by atoms with Crippen LogP contribution in [0, 0.1) is 0 Å². The lowest BCUT2D eigenvalue weighted by Crippen LogP contribution is -2.37. The van der Waals surface area contributed by atoms with Gasteiger partial charge < -0.3 is 10.6 Å². The molecule has 1 heterocycles. The molecule has 2 N–H and O–H groups in total. The molecule has 0 radical (unpaired) electrons. The highest BCUT2D eigenvalue weighted by Crippen LogP contribution is 2.06. The standard InChI is InChI=1S/C11H20N2O/c1-2-6-10(12)9-11(14)13-7-4-3-5-8-13/h3-4,10H,2,5-9,12H2,1H3. The summed E-state index contributed by atoms with van der Waals surface area (Å²) in [4.78, 5) is 13.6. The van der Waals surface area contributed by atoms with E-state index in [1.165, 1.54) is 0 Å². The van der Waals surface area contributed by atoms with Gasteiger partial charge in [0.15, 0.2) is 0 Å². The smallest absolute Gasteiger partial charge is 0.224 e. The Morgan fingerprint density at radius 2 is 2.36 bits per heavy atom. The summed E-state index contributed by atoms with van der Waals surface area (Å²) in [5, 5.41) is 0. The first-order chi connectivity index (χ1) is 6.74. The Kier molecular flexibility index (Phi) is 4.66. The van der Waals surface area contributed by atoms with Crippen LogP contribution in [0.25, 0.3) is 0 Å². The summed E-state index contributed by atoms with van der Waals surface area (Å²) in [7, 11) is 0. The van der Waals surface area contributed by atoms with E-state index in [1.807, 2.05) is 11.0 Å². The molecule has 0 saturated heterocycles. The molecular formula is C11H20N2O. The topological polar surface area (TPSA) is 46.3 Å². The molecule has 1 aliphatic heterocycles. The Morgan fingerprint density at radius 1 is 1.57 bits per heavy atom. The van der Waals surface area contributed by atoms with Crippen LogP contribution in [-0.2, 0) is 4.79 Å². The minimum Gasteiger partial charge on any atom is -0.339 e. The van der Waals surface area contributed by atoms with Gasteiger partial charge in [-0.2, -0.15) is 0 Å². The van der Waals surface area contributed by atoms with Crippen LogP contribution < -0.4 is 5.73 Å². The van der Waals surface area contributed by atoms with Gasteiger partial charge in [0, 0.05) is 25.6 Å². The summed E-state index contributed by atoms with van der Waals surface area (Å²) in [5.74, 6) is 0.204. The van der Waals surface area contributed by atoms with Crippen molar-refractivity contribution in [2.45, 2.75) is 38.6 Å². The van der Waals surface area contributed by atoms with Crippen LogP contribution in [0.15, 0.2) is 12.2 Å². The van der Waals surface area contributed by atoms with Gasteiger partial charge in [0.1, 0.15) is 0 Å². The van der Waals surface area contributed by atoms with E-state index in [9.17, 15) is 4.79 Å². The Bertz CT molecular complexity index is 213. The Labute approximate surface area is 86.0 Å². The maximum absolute atomic E-state index is 11.7. The first-order valence-electron chi connectivity index (χ1n) is 5.42. The van der Waals surface area contributed by atoms with Crippen molar-refractivity contribution in [3.8, 4) is 0 Å². The Balaban J connectivity index is 2.30. The largest absolute Gasteiger partial charge is 0.339 e. The lowest BCUT2D eigenvalue weighted by atomic mass is 10.1. The second-order valence-electron chi connectivity index (χ2n) is 3.85. The van der Waals surface area contributed by atoms with E-state index in [-0.39, 0.29) is 11.9 Å². The van der Waals surface area contributed by atoms with Gasteiger partial charge in [0.25, 0.3) is 0 Å².